The predicted molar refractivity (Wildman–Crippen MR) is 75.6 cm³/mol. The molecule has 18 heavy (non-hydrogen) atoms. The van der Waals surface area contributed by atoms with E-state index in [-0.39, 0.29) is 0 Å². The lowest BCUT2D eigenvalue weighted by atomic mass is 9.93. The fourth-order valence-electron chi connectivity index (χ4n) is 3.25. The highest BCUT2D eigenvalue weighted by molar-refractivity contribution is 6.36. The Hall–Kier alpha value is -0.510. The zero-order valence-corrected chi connectivity index (χ0v) is 12.0. The molecule has 98 valence electrons. The summed E-state index contributed by atoms with van der Waals surface area (Å²) in [6.45, 7) is 3.40. The minimum absolute atomic E-state index is 0.590. The maximum Gasteiger partial charge on any atom is 0.147 e. The highest BCUT2D eigenvalue weighted by Gasteiger charge is 2.38. The first kappa shape index (κ1) is 12.5. The lowest BCUT2D eigenvalue weighted by Gasteiger charge is -2.36. The van der Waals surface area contributed by atoms with Crippen LogP contribution < -0.4 is 4.90 Å². The van der Waals surface area contributed by atoms with Gasteiger partial charge in [0, 0.05) is 25.3 Å². The van der Waals surface area contributed by atoms with Crippen LogP contribution in [0, 0.1) is 5.92 Å². The van der Waals surface area contributed by atoms with Crippen molar-refractivity contribution in [3.8, 4) is 0 Å². The summed E-state index contributed by atoms with van der Waals surface area (Å²) in [4.78, 5) is 9.21. The molecular formula is C13H17Cl2N3. The second kappa shape index (κ2) is 4.87. The van der Waals surface area contributed by atoms with Gasteiger partial charge in [0.2, 0.25) is 0 Å². The van der Waals surface area contributed by atoms with Gasteiger partial charge in [-0.2, -0.15) is 0 Å². The second-order valence-electron chi connectivity index (χ2n) is 5.32. The highest BCUT2D eigenvalue weighted by Crippen LogP contribution is 2.37. The van der Waals surface area contributed by atoms with E-state index < -0.39 is 0 Å². The van der Waals surface area contributed by atoms with Crippen molar-refractivity contribution in [3.63, 3.8) is 0 Å². The molecule has 0 amide bonds. The van der Waals surface area contributed by atoms with Crippen LogP contribution in [0.4, 0.5) is 5.82 Å². The molecule has 0 bridgehead atoms. The molecule has 3 nitrogen and oxygen atoms in total. The Morgan fingerprint density at radius 1 is 1.28 bits per heavy atom. The fraction of sp³-hybridized carbons (Fsp3) is 0.615. The van der Waals surface area contributed by atoms with Crippen LogP contribution in [0.3, 0.4) is 0 Å². The molecule has 0 saturated carbocycles. The summed E-state index contributed by atoms with van der Waals surface area (Å²) in [7, 11) is 2.20. The van der Waals surface area contributed by atoms with Gasteiger partial charge >= 0.3 is 0 Å². The Morgan fingerprint density at radius 2 is 2.11 bits per heavy atom. The van der Waals surface area contributed by atoms with Gasteiger partial charge in [0.25, 0.3) is 0 Å². The topological polar surface area (TPSA) is 19.4 Å². The minimum Gasteiger partial charge on any atom is -0.352 e. The molecule has 1 unspecified atom stereocenters. The fourth-order valence-corrected chi connectivity index (χ4v) is 3.74. The summed E-state index contributed by atoms with van der Waals surface area (Å²) < 4.78 is 0. The lowest BCUT2D eigenvalue weighted by molar-refractivity contribution is 0.202. The SMILES string of the molecule is CN1CCC2[C@H](CCN2c2ncc(Cl)cc2Cl)C1. The summed E-state index contributed by atoms with van der Waals surface area (Å²) in [5.41, 5.74) is 0. The summed E-state index contributed by atoms with van der Waals surface area (Å²) >= 11 is 12.2. The molecule has 3 rings (SSSR count). The highest BCUT2D eigenvalue weighted by atomic mass is 35.5. The van der Waals surface area contributed by atoms with E-state index in [1.165, 1.54) is 19.4 Å². The number of anilines is 1. The molecule has 2 saturated heterocycles. The van der Waals surface area contributed by atoms with Gasteiger partial charge in [-0.1, -0.05) is 23.2 Å². The second-order valence-corrected chi connectivity index (χ2v) is 6.16. The third-order valence-corrected chi connectivity index (χ3v) is 4.58. The Labute approximate surface area is 118 Å². The summed E-state index contributed by atoms with van der Waals surface area (Å²) in [6, 6.07) is 2.38. The molecule has 3 heterocycles. The van der Waals surface area contributed by atoms with E-state index in [4.69, 9.17) is 23.2 Å². The molecule has 0 aliphatic carbocycles. The molecule has 0 radical (unpaired) electrons. The van der Waals surface area contributed by atoms with Crippen LogP contribution in [0.15, 0.2) is 12.3 Å². The Morgan fingerprint density at radius 3 is 2.89 bits per heavy atom. The van der Waals surface area contributed by atoms with Gasteiger partial charge in [0.1, 0.15) is 5.82 Å². The lowest BCUT2D eigenvalue weighted by Crippen LogP contribution is -2.44. The third kappa shape index (κ3) is 2.20. The molecular weight excluding hydrogens is 269 g/mol. The number of rotatable bonds is 1. The van der Waals surface area contributed by atoms with E-state index in [9.17, 15) is 0 Å². The van der Waals surface area contributed by atoms with Crippen LogP contribution in [0.2, 0.25) is 10.0 Å². The largest absolute Gasteiger partial charge is 0.352 e. The van der Waals surface area contributed by atoms with E-state index >= 15 is 0 Å². The predicted octanol–water partition coefficient (Wildman–Crippen LogP) is 2.92. The van der Waals surface area contributed by atoms with Gasteiger partial charge in [-0.25, -0.2) is 4.98 Å². The molecule has 2 fully saturated rings. The van der Waals surface area contributed by atoms with Crippen LogP contribution in [0.1, 0.15) is 12.8 Å². The van der Waals surface area contributed by atoms with Crippen molar-refractivity contribution in [2.24, 2.45) is 5.92 Å². The van der Waals surface area contributed by atoms with Gasteiger partial charge in [-0.3, -0.25) is 0 Å². The number of hydrogen-bond acceptors (Lipinski definition) is 3. The van der Waals surface area contributed by atoms with Crippen LogP contribution in [-0.4, -0.2) is 42.6 Å². The van der Waals surface area contributed by atoms with Crippen molar-refractivity contribution < 1.29 is 0 Å². The van der Waals surface area contributed by atoms with Crippen LogP contribution >= 0.6 is 23.2 Å². The normalized spacial score (nSPS) is 28.5. The number of piperidine rings is 1. The first-order chi connectivity index (χ1) is 8.65. The molecule has 5 heteroatoms. The number of halogens is 2. The molecule has 1 aromatic rings. The van der Waals surface area contributed by atoms with E-state index in [0.717, 1.165) is 24.8 Å². The van der Waals surface area contributed by atoms with Crippen molar-refractivity contribution in [1.82, 2.24) is 9.88 Å². The molecule has 2 aliphatic rings. The molecule has 1 aromatic heterocycles. The quantitative estimate of drug-likeness (QED) is 0.791. The first-order valence-corrected chi connectivity index (χ1v) is 7.17. The van der Waals surface area contributed by atoms with Gasteiger partial charge in [0.05, 0.1) is 10.0 Å². The van der Waals surface area contributed by atoms with Gasteiger partial charge in [-0.15, -0.1) is 0 Å². The van der Waals surface area contributed by atoms with Crippen molar-refractivity contribution >= 4 is 29.0 Å². The summed E-state index contributed by atoms with van der Waals surface area (Å²) in [5.74, 6) is 1.65. The van der Waals surface area contributed by atoms with Crippen molar-refractivity contribution in [1.29, 1.82) is 0 Å². The number of pyridine rings is 1. The van der Waals surface area contributed by atoms with E-state index in [1.54, 1.807) is 12.3 Å². The average Bonchev–Trinajstić information content (AvgIpc) is 2.72. The van der Waals surface area contributed by atoms with Crippen LogP contribution in [-0.2, 0) is 0 Å². The van der Waals surface area contributed by atoms with E-state index in [2.05, 4.69) is 21.8 Å². The monoisotopic (exact) mass is 285 g/mol. The third-order valence-electron chi connectivity index (χ3n) is 4.10. The van der Waals surface area contributed by atoms with E-state index in [1.807, 2.05) is 0 Å². The van der Waals surface area contributed by atoms with Crippen LogP contribution in [0.25, 0.3) is 0 Å². The van der Waals surface area contributed by atoms with Crippen molar-refractivity contribution in [2.75, 3.05) is 31.6 Å². The van der Waals surface area contributed by atoms with Gasteiger partial charge < -0.3 is 9.80 Å². The Balaban J connectivity index is 1.85. The smallest absolute Gasteiger partial charge is 0.147 e. The van der Waals surface area contributed by atoms with Gasteiger partial charge in [-0.05, 0) is 38.4 Å². The Bertz CT molecular complexity index is 452. The van der Waals surface area contributed by atoms with Crippen LogP contribution in [0.5, 0.6) is 0 Å². The minimum atomic E-state index is 0.590. The summed E-state index contributed by atoms with van der Waals surface area (Å²) in [6.07, 6.45) is 4.11. The van der Waals surface area contributed by atoms with E-state index in [0.29, 0.717) is 16.1 Å². The molecule has 0 aromatic carbocycles. The van der Waals surface area contributed by atoms with Gasteiger partial charge in [0.15, 0.2) is 0 Å². The van der Waals surface area contributed by atoms with Crippen molar-refractivity contribution in [3.05, 3.63) is 22.3 Å². The van der Waals surface area contributed by atoms with Crippen molar-refractivity contribution in [2.45, 2.75) is 18.9 Å². The molecule has 0 spiro atoms. The summed E-state index contributed by atoms with van der Waals surface area (Å²) in [5, 5.41) is 1.27. The maximum atomic E-state index is 6.27. The number of aromatic nitrogens is 1. The maximum absolute atomic E-state index is 6.27. The standard InChI is InChI=1S/C13H17Cl2N3/c1-17-4-3-12-9(8-17)2-5-18(12)13-11(15)6-10(14)7-16-13/h6-7,9,12H,2-5,8H2,1H3/t9-,12?/m1/s1. The molecule has 0 N–H and O–H groups in total. The number of fused-ring (bicyclic) bond motifs is 1. The molecule has 2 atom stereocenters. The zero-order chi connectivity index (χ0) is 12.7. The molecule has 2 aliphatic heterocycles. The number of nitrogens with zero attached hydrogens (tertiary/aromatic N) is 3. The first-order valence-electron chi connectivity index (χ1n) is 6.41. The number of likely N-dealkylation sites (tertiary alicyclic amines) is 1. The average molecular weight is 286 g/mol. The Kier molecular flexibility index (Phi) is 3.39. The number of hydrogen-bond donors (Lipinski definition) is 0. The zero-order valence-electron chi connectivity index (χ0n) is 10.4.